The van der Waals surface area contributed by atoms with Crippen LogP contribution in [0.2, 0.25) is 0 Å². The molecule has 0 heterocycles. The van der Waals surface area contributed by atoms with Crippen LogP contribution >= 0.6 is 11.6 Å². The summed E-state index contributed by atoms with van der Waals surface area (Å²) < 4.78 is 9.88. The topological polar surface area (TPSA) is 18.5 Å². The Morgan fingerprint density at radius 3 is 2.38 bits per heavy atom. The number of halogens is 1. The second-order valence-electron chi connectivity index (χ2n) is 1.80. The summed E-state index contributed by atoms with van der Waals surface area (Å²) in [7, 11) is 3.22. The minimum Gasteiger partial charge on any atom is -0.522 e. The summed E-state index contributed by atoms with van der Waals surface area (Å²) in [6, 6.07) is 8.25. The van der Waals surface area contributed by atoms with Crippen LogP contribution in [-0.4, -0.2) is 14.2 Å². The zero-order valence-electron chi connectivity index (χ0n) is 7.45. The molecule has 0 atom stereocenters. The Balaban J connectivity index is 0. The molecule has 0 N–H and O–H groups in total. The van der Waals surface area contributed by atoms with Crippen LogP contribution in [0.3, 0.4) is 0 Å². The quantitative estimate of drug-likeness (QED) is 0.616. The first kappa shape index (κ1) is 15.3. The number of ether oxygens (including phenoxy) is 2. The van der Waals surface area contributed by atoms with Crippen molar-refractivity contribution in [1.29, 1.82) is 0 Å². The molecule has 0 spiro atoms. The van der Waals surface area contributed by atoms with E-state index in [2.05, 4.69) is 24.1 Å². The Hall–Kier alpha value is -0.228. The van der Waals surface area contributed by atoms with E-state index in [4.69, 9.17) is 9.47 Å². The minimum absolute atomic E-state index is 0. The molecule has 0 aliphatic carbocycles. The molecule has 0 unspecified atom stereocenters. The van der Waals surface area contributed by atoms with Gasteiger partial charge in [-0.15, -0.1) is 12.1 Å². The first-order chi connectivity index (χ1) is 5.86. The van der Waals surface area contributed by atoms with E-state index in [9.17, 15) is 0 Å². The number of rotatable bonds is 2. The summed E-state index contributed by atoms with van der Waals surface area (Å²) in [6.07, 6.45) is 2.72. The van der Waals surface area contributed by atoms with Gasteiger partial charge in [-0.3, -0.25) is 6.38 Å². The molecule has 76 valence electrons. The maximum atomic E-state index is 4.96. The Morgan fingerprint density at radius 2 is 1.92 bits per heavy atom. The number of hydrogen-bond acceptors (Lipinski definition) is 2. The van der Waals surface area contributed by atoms with Gasteiger partial charge in [-0.25, -0.2) is 0 Å². The number of benzene rings is 1. The van der Waals surface area contributed by atoms with Gasteiger partial charge in [0.25, 0.3) is 0 Å². The number of hydrogen-bond donors (Lipinski definition) is 0. The molecule has 4 heteroatoms. The average Bonchev–Trinajstić information content (AvgIpc) is 2.21. The van der Waals surface area contributed by atoms with E-state index in [-0.39, 0.29) is 20.4 Å². The minimum atomic E-state index is 0. The van der Waals surface area contributed by atoms with Crippen LogP contribution in [0.25, 0.3) is 0 Å². The predicted octanol–water partition coefficient (Wildman–Crippen LogP) is 2.52. The zero-order chi connectivity index (χ0) is 9.40. The van der Waals surface area contributed by atoms with Crippen molar-refractivity contribution in [2.45, 2.75) is 0 Å². The largest absolute Gasteiger partial charge is 2.00 e. The fraction of sp³-hybridized carbons (Fsp3) is 0.222. The second kappa shape index (κ2) is 9.86. The van der Waals surface area contributed by atoms with Gasteiger partial charge in [-0.1, -0.05) is 6.07 Å². The van der Waals surface area contributed by atoms with E-state index < -0.39 is 0 Å². The fourth-order valence-corrected chi connectivity index (χ4v) is 0.670. The van der Waals surface area contributed by atoms with Gasteiger partial charge in [0, 0.05) is 11.5 Å². The Labute approximate surface area is 97.8 Å². The van der Waals surface area contributed by atoms with Crippen molar-refractivity contribution in [3.05, 3.63) is 30.6 Å². The summed E-state index contributed by atoms with van der Waals surface area (Å²) in [4.78, 5) is 0. The average molecular weight is 293 g/mol. The van der Waals surface area contributed by atoms with Crippen molar-refractivity contribution in [3.63, 3.8) is 0 Å². The van der Waals surface area contributed by atoms with Crippen LogP contribution < -0.4 is 9.47 Å². The van der Waals surface area contributed by atoms with Gasteiger partial charge in [0.15, 0.2) is 0 Å². The fourth-order valence-electron chi connectivity index (χ4n) is 0.670. The van der Waals surface area contributed by atoms with Gasteiger partial charge < -0.3 is 21.1 Å². The molecule has 0 saturated carbocycles. The maximum absolute atomic E-state index is 4.96. The van der Waals surface area contributed by atoms with Gasteiger partial charge in [0.1, 0.15) is 0 Å². The van der Waals surface area contributed by atoms with Crippen molar-refractivity contribution >= 4 is 11.6 Å². The molecule has 2 nitrogen and oxygen atoms in total. The number of methoxy groups -OCH3 is 2. The predicted molar refractivity (Wildman–Crippen MR) is 49.6 cm³/mol. The summed E-state index contributed by atoms with van der Waals surface area (Å²) in [5.74, 6) is 1.48. The van der Waals surface area contributed by atoms with E-state index in [1.807, 2.05) is 6.07 Å². The van der Waals surface area contributed by atoms with Gasteiger partial charge in [0.05, 0.1) is 14.2 Å². The normalized spacial score (nSPS) is 7.38. The van der Waals surface area contributed by atoms with Crippen LogP contribution in [0.1, 0.15) is 0 Å². The molecule has 0 bridgehead atoms. The van der Waals surface area contributed by atoms with Gasteiger partial charge in [-0.2, -0.15) is 6.07 Å². The molecule has 13 heavy (non-hydrogen) atoms. The van der Waals surface area contributed by atoms with Gasteiger partial charge in [-0.05, 0) is 0 Å². The summed E-state index contributed by atoms with van der Waals surface area (Å²) >= 11 is 4.39. The summed E-state index contributed by atoms with van der Waals surface area (Å²) in [5.41, 5.74) is 0. The van der Waals surface area contributed by atoms with E-state index in [0.29, 0.717) is 5.75 Å². The molecule has 0 fully saturated rings. The van der Waals surface area contributed by atoms with Crippen molar-refractivity contribution in [3.8, 4) is 11.5 Å². The first-order valence-electron chi connectivity index (χ1n) is 3.23. The van der Waals surface area contributed by atoms with Crippen molar-refractivity contribution in [1.82, 2.24) is 0 Å². The Kier molecular flexibility index (Phi) is 11.6. The third-order valence-corrected chi connectivity index (χ3v) is 1.20. The molecule has 0 saturated heterocycles. The van der Waals surface area contributed by atoms with E-state index in [1.165, 1.54) is 0 Å². The molecule has 1 rings (SSSR count). The van der Waals surface area contributed by atoms with E-state index >= 15 is 0 Å². The molecule has 1 aromatic rings. The van der Waals surface area contributed by atoms with Crippen LogP contribution in [0, 0.1) is 12.4 Å². The molecule has 0 aromatic heterocycles. The first-order valence-corrected chi connectivity index (χ1v) is 3.76. The molecule has 0 amide bonds. The monoisotopic (exact) mass is 292 g/mol. The third kappa shape index (κ3) is 5.93. The maximum Gasteiger partial charge on any atom is 2.00 e. The molecular weight excluding hydrogens is 282 g/mol. The molecule has 0 aliphatic heterocycles. The van der Waals surface area contributed by atoms with E-state index in [1.54, 1.807) is 26.4 Å². The molecular formula is C9H11ClO2Pd. The van der Waals surface area contributed by atoms with Crippen molar-refractivity contribution in [2.24, 2.45) is 0 Å². The van der Waals surface area contributed by atoms with E-state index in [0.717, 1.165) is 5.75 Å². The van der Waals surface area contributed by atoms with Crippen LogP contribution in [0.5, 0.6) is 11.5 Å². The Bertz CT molecular complexity index is 199. The van der Waals surface area contributed by atoms with Gasteiger partial charge >= 0.3 is 20.4 Å². The van der Waals surface area contributed by atoms with Crippen molar-refractivity contribution < 1.29 is 29.9 Å². The molecule has 1 aromatic carbocycles. The summed E-state index contributed by atoms with van der Waals surface area (Å²) in [5, 5.41) is 0. The third-order valence-electron chi connectivity index (χ3n) is 1.20. The van der Waals surface area contributed by atoms with Crippen molar-refractivity contribution in [2.75, 3.05) is 14.2 Å². The molecule has 0 aliphatic rings. The molecule has 0 radical (unpaired) electrons. The zero-order valence-corrected chi connectivity index (χ0v) is 9.76. The summed E-state index contributed by atoms with van der Waals surface area (Å²) in [6.45, 7) is 0. The SMILES string of the molecule is COc1[c-]ccc(OC)c1.[CH2-]Cl.[Pd+2]. The smallest absolute Gasteiger partial charge is 0.522 e. The van der Waals surface area contributed by atoms with Crippen LogP contribution in [-0.2, 0) is 20.4 Å². The standard InChI is InChI=1S/C8H9O2.CH2Cl.Pd/c1-9-7-4-3-5-8(6-7)10-2;1-2;/h3-4,6H,1-2H3;1H2;/q2*-1;+2. The van der Waals surface area contributed by atoms with Crippen LogP contribution in [0.4, 0.5) is 0 Å². The van der Waals surface area contributed by atoms with Gasteiger partial charge in [0.2, 0.25) is 0 Å². The Morgan fingerprint density at radius 1 is 1.31 bits per heavy atom. The van der Waals surface area contributed by atoms with Crippen LogP contribution in [0.15, 0.2) is 18.2 Å². The second-order valence-corrected chi connectivity index (χ2v) is 1.80.